The number of hydrogen-bond acceptors (Lipinski definition) is 11. The number of aryl methyl sites for hydroxylation is 1. The Balaban J connectivity index is 0.667. The van der Waals surface area contributed by atoms with Crippen molar-refractivity contribution < 1.29 is 24.0 Å². The van der Waals surface area contributed by atoms with E-state index in [1.807, 2.05) is 72.9 Å². The molecule has 4 bridgehead atoms. The third-order valence-electron chi connectivity index (χ3n) is 17.6. The lowest BCUT2D eigenvalue weighted by Crippen LogP contribution is -2.48. The first kappa shape index (κ1) is 51.5. The molecule has 5 fully saturated rings. The van der Waals surface area contributed by atoms with Gasteiger partial charge in [0.1, 0.15) is 11.5 Å². The average molecular weight is 1070 g/mol. The molecule has 4 aliphatic carbocycles. The molecule has 4 aromatic heterocycles. The van der Waals surface area contributed by atoms with Crippen LogP contribution in [0.4, 0.5) is 16.6 Å². The first-order valence-corrected chi connectivity index (χ1v) is 29.2. The van der Waals surface area contributed by atoms with E-state index < -0.39 is 5.92 Å². The molecule has 78 heavy (non-hydrogen) atoms. The number of pyridine rings is 1. The van der Waals surface area contributed by atoms with Gasteiger partial charge in [0.2, 0.25) is 17.7 Å². The van der Waals surface area contributed by atoms with Gasteiger partial charge in [-0.15, -0.1) is 0 Å². The Hall–Kier alpha value is -7.27. The van der Waals surface area contributed by atoms with Crippen LogP contribution < -0.4 is 26.2 Å². The van der Waals surface area contributed by atoms with E-state index in [9.17, 15) is 24.0 Å². The predicted octanol–water partition coefficient (Wildman–Crippen LogP) is 10.8. The Bertz CT molecular complexity index is 3400. The van der Waals surface area contributed by atoms with E-state index in [0.717, 1.165) is 125 Å². The lowest BCUT2D eigenvalue weighted by molar-refractivity contribution is -0.134. The lowest BCUT2D eigenvalue weighted by Gasteiger charge is -2.56. The van der Waals surface area contributed by atoms with Crippen molar-refractivity contribution in [3.8, 4) is 11.1 Å². The van der Waals surface area contributed by atoms with Gasteiger partial charge in [0.15, 0.2) is 5.13 Å². The minimum atomic E-state index is -0.515. The number of carbonyl (C=O) groups excluding carboxylic acids is 5. The predicted molar refractivity (Wildman–Crippen MR) is 303 cm³/mol. The molecule has 4 N–H and O–H groups in total. The summed E-state index contributed by atoms with van der Waals surface area (Å²) in [7, 11) is 1.80. The molecule has 6 aliphatic rings. The lowest BCUT2D eigenvalue weighted by atomic mass is 9.49. The maximum Gasteiger partial charge on any atom is 0.270 e. The summed E-state index contributed by atoms with van der Waals surface area (Å²) >= 11 is 1.46. The van der Waals surface area contributed by atoms with Crippen molar-refractivity contribution in [2.24, 2.45) is 30.2 Å². The normalized spacial score (nSPS) is 21.5. The zero-order valence-corrected chi connectivity index (χ0v) is 45.6. The van der Waals surface area contributed by atoms with Gasteiger partial charge in [-0.25, -0.2) is 9.97 Å². The van der Waals surface area contributed by atoms with Crippen LogP contribution >= 0.6 is 11.3 Å². The standard InChI is InChI=1S/C61H69N11O5S/c1-37-46(34-63-72(37)36-61-31-38-28-39(32-61)30-40(29-38)33-61)42-21-23-51(71-27-25-41-14-12-15-43(47(41)35-71)57(75)68-60-65-48-17-9-10-19-50(48)78-60)66-55(42)59(77)62-26-11-7-5-3-4-6-8-20-52(73)64-49-18-13-16-44-54(69-70(2)56(44)49)45-22-24-53(74)67-58(45)76/h9-10,12-19,21,23,34,38-40,45H,3-8,11,20,22,24-33,35-36H2,1-2H3,(H,62,77)(H,64,73)(H,65,68,75)(H,67,74,76). The molecule has 13 rings (SSSR count). The fourth-order valence-corrected chi connectivity index (χ4v) is 15.1. The molecule has 16 nitrogen and oxygen atoms in total. The largest absolute Gasteiger partial charge is 0.352 e. The average Bonchev–Trinajstić information content (AvgIpc) is 4.27. The smallest absolute Gasteiger partial charge is 0.270 e. The minimum Gasteiger partial charge on any atom is -0.352 e. The van der Waals surface area contributed by atoms with Gasteiger partial charge in [0.25, 0.3) is 11.8 Å². The first-order valence-electron chi connectivity index (χ1n) is 28.4. The van der Waals surface area contributed by atoms with Crippen molar-refractivity contribution in [2.75, 3.05) is 28.6 Å². The fourth-order valence-electron chi connectivity index (χ4n) is 14.2. The number of imide groups is 1. The van der Waals surface area contributed by atoms with Crippen LogP contribution in [0.5, 0.6) is 0 Å². The summed E-state index contributed by atoms with van der Waals surface area (Å²) in [5.41, 5.74) is 9.03. The summed E-state index contributed by atoms with van der Waals surface area (Å²) in [4.78, 5) is 77.9. The van der Waals surface area contributed by atoms with E-state index in [-0.39, 0.29) is 36.0 Å². The van der Waals surface area contributed by atoms with Crippen LogP contribution in [0.25, 0.3) is 32.2 Å². The second-order valence-electron chi connectivity index (χ2n) is 23.1. The quantitative estimate of drug-likeness (QED) is 0.0446. The molecule has 3 aromatic carbocycles. The van der Waals surface area contributed by atoms with Crippen molar-refractivity contribution in [3.05, 3.63) is 113 Å². The maximum atomic E-state index is 14.5. The number of para-hydroxylation sites is 2. The van der Waals surface area contributed by atoms with Gasteiger partial charge < -0.3 is 15.5 Å². The molecule has 0 spiro atoms. The van der Waals surface area contributed by atoms with Crippen LogP contribution in [0.1, 0.15) is 152 Å². The number of fused-ring (bicyclic) bond motifs is 3. The van der Waals surface area contributed by atoms with Crippen LogP contribution in [0, 0.1) is 30.1 Å². The summed E-state index contributed by atoms with van der Waals surface area (Å²) < 4.78 is 4.92. The number of nitrogens with zero attached hydrogens (tertiary/aromatic N) is 7. The highest BCUT2D eigenvalue weighted by Crippen LogP contribution is 2.60. The molecule has 6 heterocycles. The summed E-state index contributed by atoms with van der Waals surface area (Å²) in [5.74, 6) is 1.66. The number of anilines is 3. The van der Waals surface area contributed by atoms with Gasteiger partial charge in [-0.1, -0.05) is 79.8 Å². The van der Waals surface area contributed by atoms with E-state index in [4.69, 9.17) is 10.1 Å². The molecule has 404 valence electrons. The number of benzene rings is 3. The van der Waals surface area contributed by atoms with E-state index in [0.29, 0.717) is 71.5 Å². The number of amides is 5. The topological polar surface area (TPSA) is 198 Å². The maximum absolute atomic E-state index is 14.5. The number of unbranched alkanes of at least 4 members (excludes halogenated alkanes) is 6. The molecule has 5 amide bonds. The molecule has 0 radical (unpaired) electrons. The summed E-state index contributed by atoms with van der Waals surface area (Å²) in [6.45, 7) is 4.76. The van der Waals surface area contributed by atoms with Crippen LogP contribution in [-0.2, 0) is 40.9 Å². The highest BCUT2D eigenvalue weighted by Gasteiger charge is 2.51. The number of aromatic nitrogens is 6. The Morgan fingerprint density at radius 3 is 2.33 bits per heavy atom. The number of nitrogens with one attached hydrogen (secondary N) is 4. The molecule has 7 aromatic rings. The Kier molecular flexibility index (Phi) is 14.4. The van der Waals surface area contributed by atoms with Gasteiger partial charge in [-0.2, -0.15) is 10.2 Å². The fraction of sp³-hybridized carbons (Fsp3) is 0.459. The zero-order valence-electron chi connectivity index (χ0n) is 44.7. The van der Waals surface area contributed by atoms with E-state index >= 15 is 0 Å². The van der Waals surface area contributed by atoms with Crippen molar-refractivity contribution in [1.29, 1.82) is 0 Å². The number of thiazole rings is 1. The Morgan fingerprint density at radius 2 is 1.55 bits per heavy atom. The van der Waals surface area contributed by atoms with Gasteiger partial charge in [-0.3, -0.25) is 44.0 Å². The van der Waals surface area contributed by atoms with Gasteiger partial charge in [0, 0.05) is 73.8 Å². The Morgan fingerprint density at radius 1 is 0.795 bits per heavy atom. The molecular formula is C61H69N11O5S. The molecule has 1 unspecified atom stereocenters. The van der Waals surface area contributed by atoms with Crippen LogP contribution in [0.2, 0.25) is 0 Å². The molecular weight excluding hydrogens is 999 g/mol. The van der Waals surface area contributed by atoms with E-state index in [1.54, 1.807) is 11.7 Å². The van der Waals surface area contributed by atoms with Crippen molar-refractivity contribution in [2.45, 2.75) is 135 Å². The third kappa shape index (κ3) is 10.6. The number of hydrogen-bond donors (Lipinski definition) is 4. The highest BCUT2D eigenvalue weighted by atomic mass is 32.1. The second-order valence-corrected chi connectivity index (χ2v) is 24.1. The summed E-state index contributed by atoms with van der Waals surface area (Å²) in [6.07, 6.45) is 18.4. The highest BCUT2D eigenvalue weighted by molar-refractivity contribution is 7.22. The Labute approximate surface area is 458 Å². The van der Waals surface area contributed by atoms with E-state index in [1.165, 1.54) is 49.9 Å². The number of rotatable bonds is 19. The van der Waals surface area contributed by atoms with Gasteiger partial charge in [0.05, 0.1) is 39.2 Å². The molecule has 17 heteroatoms. The van der Waals surface area contributed by atoms with Gasteiger partial charge >= 0.3 is 0 Å². The molecule has 1 atom stereocenters. The SMILES string of the molecule is Cc1c(-c2ccc(N3CCc4cccc(C(=O)Nc5nc6ccccc6s5)c4C3)nc2C(=O)NCCCCCCCCCC(=O)Nc2cccc3c(C4CCC(=O)NC4=O)nn(C)c23)cnn1CC12CC3CC(CC(C3)C1)C2. The van der Waals surface area contributed by atoms with Gasteiger partial charge in [-0.05, 0) is 142 Å². The molecule has 4 saturated carbocycles. The van der Waals surface area contributed by atoms with Crippen molar-refractivity contribution in [1.82, 2.24) is 40.2 Å². The minimum absolute atomic E-state index is 0.0661. The van der Waals surface area contributed by atoms with E-state index in [2.05, 4.69) is 53.9 Å². The molecule has 2 aliphatic heterocycles. The first-order chi connectivity index (χ1) is 37.9. The number of piperidine rings is 1. The second kappa shape index (κ2) is 21.9. The van der Waals surface area contributed by atoms with Crippen LogP contribution in [0.15, 0.2) is 79.0 Å². The van der Waals surface area contributed by atoms with Crippen molar-refractivity contribution in [3.63, 3.8) is 0 Å². The zero-order chi connectivity index (χ0) is 53.5. The third-order valence-corrected chi connectivity index (χ3v) is 18.5. The summed E-state index contributed by atoms with van der Waals surface area (Å²) in [6, 6.07) is 23.5. The number of carbonyl (C=O) groups is 5. The van der Waals surface area contributed by atoms with Crippen LogP contribution in [-0.4, -0.2) is 72.2 Å². The summed E-state index contributed by atoms with van der Waals surface area (Å²) in [5, 5.41) is 22.8. The van der Waals surface area contributed by atoms with Crippen molar-refractivity contribution >= 4 is 78.6 Å². The van der Waals surface area contributed by atoms with Crippen LogP contribution in [0.3, 0.4) is 0 Å². The molecule has 1 saturated heterocycles. The monoisotopic (exact) mass is 1070 g/mol.